The molecule has 0 spiro atoms. The zero-order valence-electron chi connectivity index (χ0n) is 11.4. The van der Waals surface area contributed by atoms with Crippen LogP contribution in [0, 0.1) is 5.82 Å². The summed E-state index contributed by atoms with van der Waals surface area (Å²) in [5.74, 6) is -0.812. The van der Waals surface area contributed by atoms with Crippen LogP contribution in [0.15, 0.2) is 18.2 Å². The van der Waals surface area contributed by atoms with Gasteiger partial charge in [-0.1, -0.05) is 11.6 Å². The number of piperazine rings is 1. The maximum absolute atomic E-state index is 13.5. The number of esters is 1. The third kappa shape index (κ3) is 3.69. The molecule has 0 aliphatic carbocycles. The van der Waals surface area contributed by atoms with E-state index in [-0.39, 0.29) is 11.0 Å². The fraction of sp³-hybridized carbons (Fsp3) is 0.500. The zero-order valence-corrected chi connectivity index (χ0v) is 12.1. The second-order valence-corrected chi connectivity index (χ2v) is 5.08. The molecule has 1 saturated heterocycles. The molecular formula is C14H18ClFN2O2. The molecule has 6 heteroatoms. The van der Waals surface area contributed by atoms with Crippen molar-refractivity contribution in [3.63, 3.8) is 0 Å². The highest BCUT2D eigenvalue weighted by atomic mass is 35.5. The molecule has 2 rings (SSSR count). The van der Waals surface area contributed by atoms with Crippen molar-refractivity contribution in [2.24, 2.45) is 0 Å². The summed E-state index contributed by atoms with van der Waals surface area (Å²) in [5, 5.41) is 3.50. The minimum absolute atomic E-state index is 0.282. The summed E-state index contributed by atoms with van der Waals surface area (Å²) in [4.78, 5) is 14.2. The van der Waals surface area contributed by atoms with E-state index in [1.165, 1.54) is 12.1 Å². The Balaban J connectivity index is 2.31. The Labute approximate surface area is 122 Å². The number of halogens is 2. The number of carbonyl (C=O) groups excluding carboxylic acids is 1. The molecule has 1 aromatic carbocycles. The van der Waals surface area contributed by atoms with E-state index in [9.17, 15) is 9.18 Å². The molecule has 0 radical (unpaired) electrons. The van der Waals surface area contributed by atoms with E-state index in [0.29, 0.717) is 25.3 Å². The fourth-order valence-electron chi connectivity index (χ4n) is 2.39. The molecular weight excluding hydrogens is 283 g/mol. The highest BCUT2D eigenvalue weighted by Crippen LogP contribution is 2.26. The first-order valence-corrected chi connectivity index (χ1v) is 7.07. The van der Waals surface area contributed by atoms with Crippen molar-refractivity contribution in [1.82, 2.24) is 10.2 Å². The average Bonchev–Trinajstić information content (AvgIpc) is 2.39. The molecule has 1 N–H and O–H groups in total. The first-order chi connectivity index (χ1) is 9.61. The van der Waals surface area contributed by atoms with Crippen molar-refractivity contribution >= 4 is 17.6 Å². The van der Waals surface area contributed by atoms with Crippen LogP contribution in [0.3, 0.4) is 0 Å². The van der Waals surface area contributed by atoms with Gasteiger partial charge in [-0.2, -0.15) is 0 Å². The number of rotatable bonds is 4. The second kappa shape index (κ2) is 7.02. The van der Waals surface area contributed by atoms with Crippen molar-refractivity contribution in [3.05, 3.63) is 34.6 Å². The lowest BCUT2D eigenvalue weighted by atomic mass is 10.0. The quantitative estimate of drug-likeness (QED) is 0.864. The maximum Gasteiger partial charge on any atom is 0.328 e. The van der Waals surface area contributed by atoms with Crippen LogP contribution in [0.25, 0.3) is 0 Å². The van der Waals surface area contributed by atoms with E-state index >= 15 is 0 Å². The number of benzene rings is 1. The molecule has 1 unspecified atom stereocenters. The predicted molar refractivity (Wildman–Crippen MR) is 75.2 cm³/mol. The Morgan fingerprint density at radius 1 is 1.45 bits per heavy atom. The minimum atomic E-state index is -0.606. The van der Waals surface area contributed by atoms with Crippen molar-refractivity contribution in [1.29, 1.82) is 0 Å². The van der Waals surface area contributed by atoms with Crippen molar-refractivity contribution in [3.8, 4) is 0 Å². The van der Waals surface area contributed by atoms with Gasteiger partial charge in [0.2, 0.25) is 0 Å². The summed E-state index contributed by atoms with van der Waals surface area (Å²) in [5.41, 5.74) is 0.537. The van der Waals surface area contributed by atoms with E-state index in [1.54, 1.807) is 13.0 Å². The van der Waals surface area contributed by atoms with Crippen LogP contribution in [0.2, 0.25) is 5.02 Å². The third-order valence-corrected chi connectivity index (χ3v) is 3.45. The van der Waals surface area contributed by atoms with Gasteiger partial charge in [0, 0.05) is 31.2 Å². The molecule has 1 atom stereocenters. The van der Waals surface area contributed by atoms with Crippen molar-refractivity contribution in [2.45, 2.75) is 13.0 Å². The highest BCUT2D eigenvalue weighted by Gasteiger charge is 2.30. The van der Waals surface area contributed by atoms with Gasteiger partial charge >= 0.3 is 5.97 Å². The van der Waals surface area contributed by atoms with Gasteiger partial charge in [0.05, 0.1) is 6.61 Å². The van der Waals surface area contributed by atoms with E-state index < -0.39 is 11.9 Å². The summed E-state index contributed by atoms with van der Waals surface area (Å²) in [7, 11) is 0. The summed E-state index contributed by atoms with van der Waals surface area (Å²) in [6.45, 7) is 5.04. The molecule has 0 amide bonds. The van der Waals surface area contributed by atoms with Crippen LogP contribution in [-0.4, -0.2) is 43.7 Å². The first-order valence-electron chi connectivity index (χ1n) is 6.69. The molecule has 1 aromatic rings. The van der Waals surface area contributed by atoms with Crippen molar-refractivity contribution in [2.75, 3.05) is 32.8 Å². The van der Waals surface area contributed by atoms with Crippen LogP contribution in [0.5, 0.6) is 0 Å². The predicted octanol–water partition coefficient (Wildman–Crippen LogP) is 1.99. The monoisotopic (exact) mass is 300 g/mol. The summed E-state index contributed by atoms with van der Waals surface area (Å²) in [6.07, 6.45) is 0. The van der Waals surface area contributed by atoms with Gasteiger partial charge in [0.1, 0.15) is 11.9 Å². The van der Waals surface area contributed by atoms with Gasteiger partial charge in [-0.25, -0.2) is 9.18 Å². The summed E-state index contributed by atoms with van der Waals surface area (Å²) < 4.78 is 18.7. The minimum Gasteiger partial charge on any atom is -0.465 e. The molecule has 110 valence electrons. The Bertz CT molecular complexity index is 458. The zero-order chi connectivity index (χ0) is 14.5. The van der Waals surface area contributed by atoms with E-state index in [1.807, 2.05) is 4.90 Å². The Kier molecular flexibility index (Phi) is 5.34. The van der Waals surface area contributed by atoms with Gasteiger partial charge in [0.25, 0.3) is 0 Å². The largest absolute Gasteiger partial charge is 0.465 e. The molecule has 1 fully saturated rings. The van der Waals surface area contributed by atoms with Crippen LogP contribution >= 0.6 is 11.6 Å². The summed E-state index contributed by atoms with van der Waals surface area (Å²) in [6, 6.07) is 3.58. The number of hydrogen-bond acceptors (Lipinski definition) is 4. The lowest BCUT2D eigenvalue weighted by molar-refractivity contribution is -0.150. The molecule has 0 aromatic heterocycles. The van der Waals surface area contributed by atoms with Gasteiger partial charge in [-0.05, 0) is 30.7 Å². The van der Waals surface area contributed by atoms with Gasteiger partial charge in [0.15, 0.2) is 0 Å². The topological polar surface area (TPSA) is 41.6 Å². The second-order valence-electron chi connectivity index (χ2n) is 4.64. The number of carbonyl (C=O) groups is 1. The molecule has 4 nitrogen and oxygen atoms in total. The molecule has 1 aliphatic heterocycles. The molecule has 1 heterocycles. The Hall–Kier alpha value is -1.17. The van der Waals surface area contributed by atoms with E-state index in [2.05, 4.69) is 5.32 Å². The van der Waals surface area contributed by atoms with Crippen LogP contribution in [-0.2, 0) is 9.53 Å². The standard InChI is InChI=1S/C14H18ClFN2O2/c1-2-20-14(19)13(18-5-3-17-4-6-18)10-7-11(15)9-12(16)8-10/h7-9,13,17H,2-6H2,1H3. The number of nitrogens with one attached hydrogen (secondary N) is 1. The highest BCUT2D eigenvalue weighted by molar-refractivity contribution is 6.30. The number of nitrogens with zero attached hydrogens (tertiary/aromatic N) is 1. The molecule has 20 heavy (non-hydrogen) atoms. The third-order valence-electron chi connectivity index (χ3n) is 3.23. The van der Waals surface area contributed by atoms with Gasteiger partial charge in [-0.3, -0.25) is 4.90 Å². The molecule has 0 saturated carbocycles. The Morgan fingerprint density at radius 3 is 2.75 bits per heavy atom. The lowest BCUT2D eigenvalue weighted by Gasteiger charge is -2.33. The van der Waals surface area contributed by atoms with Crippen LogP contribution < -0.4 is 5.32 Å². The Morgan fingerprint density at radius 2 is 2.15 bits per heavy atom. The lowest BCUT2D eigenvalue weighted by Crippen LogP contribution is -2.47. The van der Waals surface area contributed by atoms with Gasteiger partial charge < -0.3 is 10.1 Å². The smallest absolute Gasteiger partial charge is 0.328 e. The number of ether oxygens (including phenoxy) is 1. The molecule has 1 aliphatic rings. The normalized spacial score (nSPS) is 17.8. The SMILES string of the molecule is CCOC(=O)C(c1cc(F)cc(Cl)c1)N1CCNCC1. The summed E-state index contributed by atoms with van der Waals surface area (Å²) >= 11 is 5.89. The van der Waals surface area contributed by atoms with E-state index in [0.717, 1.165) is 13.1 Å². The van der Waals surface area contributed by atoms with Gasteiger partial charge in [-0.15, -0.1) is 0 Å². The van der Waals surface area contributed by atoms with Crippen LogP contribution in [0.4, 0.5) is 4.39 Å². The van der Waals surface area contributed by atoms with Crippen molar-refractivity contribution < 1.29 is 13.9 Å². The first kappa shape index (κ1) is 15.2. The van der Waals surface area contributed by atoms with Crippen LogP contribution in [0.1, 0.15) is 18.5 Å². The fourth-order valence-corrected chi connectivity index (χ4v) is 2.62. The maximum atomic E-state index is 13.5. The molecule has 0 bridgehead atoms. The van der Waals surface area contributed by atoms with E-state index in [4.69, 9.17) is 16.3 Å². The average molecular weight is 301 g/mol. The number of hydrogen-bond donors (Lipinski definition) is 1.